The van der Waals surface area contributed by atoms with Gasteiger partial charge in [0.2, 0.25) is 0 Å². The van der Waals surface area contributed by atoms with Gasteiger partial charge in [-0.15, -0.1) is 22.7 Å². The predicted molar refractivity (Wildman–Crippen MR) is 527 cm³/mol. The monoisotopic (exact) mass is 1870 g/mol. The number of aromatic nitrogens is 4. The number of hydrogen-bond acceptors (Lipinski definition) is 8. The van der Waals surface area contributed by atoms with Crippen LogP contribution >= 0.6 is 93.5 Å². The number of fused-ring (bicyclic) bond motifs is 2. The van der Waals surface area contributed by atoms with E-state index >= 15 is 0 Å². The maximum Gasteiger partial charge on any atom is 0.498 e. The van der Waals surface area contributed by atoms with Gasteiger partial charge in [0.25, 0.3) is 0 Å². The molecule has 6 nitrogen and oxygen atoms in total. The molecule has 0 radical (unpaired) electrons. The number of hydrogen-bond donors (Lipinski definition) is 0. The topological polar surface area (TPSA) is 70.0 Å². The van der Waals surface area contributed by atoms with Gasteiger partial charge in [0.05, 0.1) is 42.7 Å². The number of pyridine rings is 2. The zero-order valence-electron chi connectivity index (χ0n) is 66.0. The van der Waals surface area contributed by atoms with Crippen LogP contribution in [0.1, 0.15) is 35.1 Å². The van der Waals surface area contributed by atoms with Gasteiger partial charge >= 0.3 is 7.12 Å². The van der Waals surface area contributed by atoms with Crippen LogP contribution < -0.4 is 69.1 Å². The zero-order valence-corrected chi connectivity index (χ0v) is 75.8. The molecule has 0 bridgehead atoms. The molecule has 0 N–H and O–H groups in total. The minimum atomic E-state index is -0.446. The Kier molecular flexibility index (Phi) is 35.9. The van der Waals surface area contributed by atoms with Crippen LogP contribution in [-0.2, 0) is 29.7 Å². The van der Waals surface area contributed by atoms with Gasteiger partial charge in [-0.05, 0) is 177 Å². The van der Waals surface area contributed by atoms with Crippen molar-refractivity contribution in [2.45, 2.75) is 46.3 Å². The minimum Gasteiger partial charge on any atom is -0.399 e. The van der Waals surface area contributed by atoms with Crippen molar-refractivity contribution < 1.29 is 29.7 Å². The van der Waals surface area contributed by atoms with Gasteiger partial charge in [0.15, 0.2) is 0 Å². The molecule has 1 aliphatic rings. The number of thiazole rings is 2. The average molecular weight is 1870 g/mol. The second-order valence-electron chi connectivity index (χ2n) is 27.7. The maximum absolute atomic E-state index is 6.05. The van der Waals surface area contributed by atoms with Crippen molar-refractivity contribution in [3.05, 3.63) is 463 Å². The van der Waals surface area contributed by atoms with Crippen LogP contribution in [0.25, 0.3) is 31.6 Å². The Morgan fingerprint density at radius 2 is 0.533 bits per heavy atom. The van der Waals surface area contributed by atoms with Gasteiger partial charge in [-0.1, -0.05) is 423 Å². The Balaban J connectivity index is 0.000000137. The van der Waals surface area contributed by atoms with Gasteiger partial charge < -0.3 is 9.31 Å². The maximum atomic E-state index is 6.05. The number of benzene rings is 14. The molecule has 19 rings (SSSR count). The van der Waals surface area contributed by atoms with E-state index in [0.29, 0.717) is 10.3 Å². The van der Waals surface area contributed by atoms with Crippen molar-refractivity contribution in [1.29, 1.82) is 0 Å². The SMILES string of the molecule is Brc1ccc2scnc2c1.C.CC1(C)OB(c2cccnc2Cl)OC1(C)C.Clc1ncccc1-c1ccc2scnc2c1.[Pd].c1ccc(P(c2ccccc2)c2ccccc2)cc1.c1ccc(P(c2ccccc2)c2ccccc2)cc1.c1ccc(P(c2ccccc2)c2ccccc2)cc1.c1ccc(P(c2ccccc2)c2ccccc2)cc1. The second kappa shape index (κ2) is 47.1. The van der Waals surface area contributed by atoms with E-state index in [2.05, 4.69) is 412 Å². The standard InChI is InChI=1S/4C18H15P.C12H7ClN2S.C11H15BClNO2.C7H4BrNS.CH4.Pd/c4*1-4-10-16(11-5-1)19(17-12-6-2-7-13-17)18-14-8-3-9-15-18;13-12-9(2-1-5-14-12)8-3-4-11-10(6-8)15-7-16-11;1-10(2)11(3,4)16-12(15-10)8-6-5-7-14-9(8)13;8-5-1-2-7-6(3-5)9-4-10-7;;/h4*1-15H;1-7H;5-7H,1-4H3;1-4H;1H4;. The molecule has 1 saturated heterocycles. The summed E-state index contributed by atoms with van der Waals surface area (Å²) in [4.78, 5) is 16.6. The van der Waals surface area contributed by atoms with E-state index in [0.717, 1.165) is 32.1 Å². The van der Waals surface area contributed by atoms with Gasteiger partial charge in [0.1, 0.15) is 10.3 Å². The largest absolute Gasteiger partial charge is 0.498 e. The van der Waals surface area contributed by atoms with Crippen molar-refractivity contribution in [3.63, 3.8) is 0 Å². The fourth-order valence-corrected chi connectivity index (χ4v) is 24.0. The molecule has 5 heterocycles. The van der Waals surface area contributed by atoms with E-state index in [1.165, 1.54) is 73.1 Å². The van der Waals surface area contributed by atoms with E-state index in [4.69, 9.17) is 32.5 Å². The van der Waals surface area contributed by atoms with Gasteiger partial charge in [-0.2, -0.15) is 0 Å². The van der Waals surface area contributed by atoms with E-state index in [-0.39, 0.29) is 39.1 Å². The van der Waals surface area contributed by atoms with Crippen molar-refractivity contribution in [1.82, 2.24) is 19.9 Å². The molecule has 0 aliphatic carbocycles. The van der Waals surface area contributed by atoms with Gasteiger partial charge in [0, 0.05) is 48.3 Å². The first-order chi connectivity index (χ1) is 57.8. The molecule has 4 aromatic heterocycles. The molecule has 18 aromatic rings. The van der Waals surface area contributed by atoms with Crippen LogP contribution in [0, 0.1) is 0 Å². The molecule has 120 heavy (non-hydrogen) atoms. The third-order valence-corrected chi connectivity index (χ3v) is 31.7. The molecule has 14 aromatic carbocycles. The van der Waals surface area contributed by atoms with Crippen LogP contribution in [0.4, 0.5) is 0 Å². The van der Waals surface area contributed by atoms with E-state index in [9.17, 15) is 0 Å². The third-order valence-electron chi connectivity index (χ3n) is 19.2. The van der Waals surface area contributed by atoms with Crippen molar-refractivity contribution in [3.8, 4) is 11.1 Å². The third kappa shape index (κ3) is 25.6. The molecule has 600 valence electrons. The molecular formula is C103H90BBrCl2N4O2P4PdS2. The van der Waals surface area contributed by atoms with E-state index < -0.39 is 38.8 Å². The van der Waals surface area contributed by atoms with Crippen LogP contribution in [0.5, 0.6) is 0 Å². The molecule has 0 saturated carbocycles. The fraction of sp³-hybridized carbons (Fsp3) is 0.0680. The number of nitrogens with zero attached hydrogens (tertiary/aromatic N) is 4. The predicted octanol–water partition coefficient (Wildman–Crippen LogP) is 23.5. The van der Waals surface area contributed by atoms with Crippen molar-refractivity contribution in [2.24, 2.45) is 0 Å². The quantitative estimate of drug-likeness (QED) is 0.0614. The first-order valence-electron chi connectivity index (χ1n) is 38.5. The van der Waals surface area contributed by atoms with Gasteiger partial charge in [-0.25, -0.2) is 19.9 Å². The summed E-state index contributed by atoms with van der Waals surface area (Å²) in [6, 6.07) is 149. The summed E-state index contributed by atoms with van der Waals surface area (Å²) in [6.07, 6.45) is 3.34. The Labute approximate surface area is 753 Å². The first kappa shape index (κ1) is 91.3. The van der Waals surface area contributed by atoms with Crippen molar-refractivity contribution >= 4 is 190 Å². The molecule has 1 aliphatic heterocycles. The second-order valence-corrected chi connectivity index (χ2v) is 40.0. The summed E-state index contributed by atoms with van der Waals surface area (Å²) in [6.45, 7) is 8.04. The Hall–Kier alpha value is -9.41. The number of rotatable bonds is 14. The van der Waals surface area contributed by atoms with E-state index in [1.54, 1.807) is 35.1 Å². The molecule has 0 atom stereocenters. The molecule has 0 amide bonds. The number of halogens is 3. The Morgan fingerprint density at radius 3 is 0.792 bits per heavy atom. The molecular weight excluding hydrogens is 1780 g/mol. The Morgan fingerprint density at radius 1 is 0.292 bits per heavy atom. The van der Waals surface area contributed by atoms with Crippen molar-refractivity contribution in [2.75, 3.05) is 0 Å². The van der Waals surface area contributed by atoms with Crippen LogP contribution in [0.2, 0.25) is 10.3 Å². The zero-order chi connectivity index (χ0) is 81.6. The summed E-state index contributed by atoms with van der Waals surface area (Å²) in [5.41, 5.74) is 7.85. The van der Waals surface area contributed by atoms with Crippen LogP contribution in [-0.4, -0.2) is 38.3 Å². The first-order valence-corrected chi connectivity index (χ1v) is 47.2. The summed E-state index contributed by atoms with van der Waals surface area (Å²) in [5, 5.41) is 17.7. The van der Waals surface area contributed by atoms with Crippen LogP contribution in [0.15, 0.2) is 453 Å². The summed E-state index contributed by atoms with van der Waals surface area (Å²) in [5.74, 6) is 0. The average Bonchev–Trinajstić information content (AvgIpc) is 1.62. The normalized spacial score (nSPS) is 12.0. The minimum absolute atomic E-state index is 0. The van der Waals surface area contributed by atoms with Gasteiger partial charge in [-0.3, -0.25) is 0 Å². The smallest absolute Gasteiger partial charge is 0.399 e. The molecule has 17 heteroatoms. The molecule has 0 spiro atoms. The summed E-state index contributed by atoms with van der Waals surface area (Å²) in [7, 11) is -2.22. The van der Waals surface area contributed by atoms with E-state index in [1.807, 2.05) is 87.2 Å². The summed E-state index contributed by atoms with van der Waals surface area (Å²) < 4.78 is 15.3. The molecule has 0 unspecified atom stereocenters. The van der Waals surface area contributed by atoms with Crippen LogP contribution in [0.3, 0.4) is 0 Å². The fourth-order valence-electron chi connectivity index (χ4n) is 12.7. The Bertz CT molecular complexity index is 5110. The summed E-state index contributed by atoms with van der Waals surface area (Å²) >= 11 is 18.8. The molecule has 1 fully saturated rings.